The van der Waals surface area contributed by atoms with Crippen molar-refractivity contribution in [1.29, 1.82) is 0 Å². The molecule has 0 saturated carbocycles. The molecule has 1 aliphatic rings. The van der Waals surface area contributed by atoms with Crippen LogP contribution in [0.25, 0.3) is 0 Å². The minimum absolute atomic E-state index is 0.0716. The molecule has 2 rings (SSSR count). The van der Waals surface area contributed by atoms with E-state index in [0.717, 1.165) is 19.3 Å². The van der Waals surface area contributed by atoms with Gasteiger partial charge in [0.15, 0.2) is 0 Å². The van der Waals surface area contributed by atoms with E-state index in [9.17, 15) is 8.42 Å². The number of sulfonamides is 1. The van der Waals surface area contributed by atoms with E-state index in [1.54, 1.807) is 6.07 Å². The van der Waals surface area contributed by atoms with E-state index >= 15 is 0 Å². The highest BCUT2D eigenvalue weighted by atomic mass is 35.5. The highest BCUT2D eigenvalue weighted by Crippen LogP contribution is 2.34. The van der Waals surface area contributed by atoms with Gasteiger partial charge in [0.1, 0.15) is 10.6 Å². The van der Waals surface area contributed by atoms with Crippen LogP contribution < -0.4 is 10.5 Å². The van der Waals surface area contributed by atoms with Gasteiger partial charge >= 0.3 is 0 Å². The third-order valence-electron chi connectivity index (χ3n) is 3.91. The lowest BCUT2D eigenvalue weighted by atomic mass is 10.00. The summed E-state index contributed by atoms with van der Waals surface area (Å²) in [5.41, 5.74) is 5.77. The van der Waals surface area contributed by atoms with Crippen molar-refractivity contribution in [3.8, 4) is 5.75 Å². The monoisotopic (exact) mass is 332 g/mol. The molecule has 1 aromatic carbocycles. The molecule has 118 valence electrons. The Hall–Kier alpha value is -0.820. The molecule has 0 amide bonds. The van der Waals surface area contributed by atoms with Crippen LogP contribution in [0, 0.1) is 0 Å². The Kier molecular flexibility index (Phi) is 5.14. The quantitative estimate of drug-likeness (QED) is 0.917. The van der Waals surface area contributed by atoms with Crippen LogP contribution in [0.3, 0.4) is 0 Å². The number of benzene rings is 1. The van der Waals surface area contributed by atoms with Crippen molar-refractivity contribution in [3.05, 3.63) is 23.2 Å². The molecule has 0 spiro atoms. The first kappa shape index (κ1) is 16.5. The molecule has 1 saturated heterocycles. The minimum Gasteiger partial charge on any atom is -0.495 e. The van der Waals surface area contributed by atoms with Crippen LogP contribution in [0.5, 0.6) is 5.75 Å². The Morgan fingerprint density at radius 2 is 2.14 bits per heavy atom. The summed E-state index contributed by atoms with van der Waals surface area (Å²) >= 11 is 5.91. The average Bonchev–Trinajstić information content (AvgIpc) is 2.46. The summed E-state index contributed by atoms with van der Waals surface area (Å²) < 4.78 is 32.7. The molecule has 0 bridgehead atoms. The Bertz CT molecular complexity index is 606. The van der Waals surface area contributed by atoms with Gasteiger partial charge in [-0.1, -0.05) is 18.0 Å². The zero-order valence-corrected chi connectivity index (χ0v) is 13.8. The van der Waals surface area contributed by atoms with Crippen LogP contribution in [-0.2, 0) is 10.0 Å². The fourth-order valence-corrected chi connectivity index (χ4v) is 5.08. The van der Waals surface area contributed by atoms with Crippen molar-refractivity contribution < 1.29 is 13.2 Å². The second-order valence-corrected chi connectivity index (χ2v) is 7.55. The first-order valence-electron chi connectivity index (χ1n) is 6.99. The summed E-state index contributed by atoms with van der Waals surface area (Å²) in [6.07, 6.45) is 2.62. The van der Waals surface area contributed by atoms with Gasteiger partial charge in [-0.2, -0.15) is 4.31 Å². The molecule has 0 radical (unpaired) electrons. The zero-order valence-electron chi connectivity index (χ0n) is 12.3. The summed E-state index contributed by atoms with van der Waals surface area (Å²) in [7, 11) is -2.23. The lowest BCUT2D eigenvalue weighted by Crippen LogP contribution is -2.51. The number of hydrogen-bond acceptors (Lipinski definition) is 4. The second kappa shape index (κ2) is 6.52. The van der Waals surface area contributed by atoms with Crippen molar-refractivity contribution in [3.63, 3.8) is 0 Å². The predicted molar refractivity (Wildman–Crippen MR) is 83.2 cm³/mol. The van der Waals surface area contributed by atoms with Gasteiger partial charge in [0.25, 0.3) is 0 Å². The number of hydrogen-bond donors (Lipinski definition) is 1. The third-order valence-corrected chi connectivity index (χ3v) is 6.25. The SMILES string of the molecule is COc1cc(Cl)ccc1S(=O)(=O)N1C(C)CCCC1CN. The lowest BCUT2D eigenvalue weighted by molar-refractivity contribution is 0.195. The fourth-order valence-electron chi connectivity index (χ4n) is 2.89. The van der Waals surface area contributed by atoms with Crippen molar-refractivity contribution in [2.75, 3.05) is 13.7 Å². The predicted octanol–water partition coefficient (Wildman–Crippen LogP) is 2.24. The maximum Gasteiger partial charge on any atom is 0.247 e. The van der Waals surface area contributed by atoms with Crippen LogP contribution in [-0.4, -0.2) is 38.5 Å². The average molecular weight is 333 g/mol. The van der Waals surface area contributed by atoms with Gasteiger partial charge in [-0.05, 0) is 31.9 Å². The van der Waals surface area contributed by atoms with Crippen molar-refractivity contribution in [2.45, 2.75) is 43.2 Å². The van der Waals surface area contributed by atoms with Gasteiger partial charge in [-0.25, -0.2) is 8.42 Å². The maximum atomic E-state index is 13.0. The molecular weight excluding hydrogens is 312 g/mol. The molecule has 5 nitrogen and oxygen atoms in total. The Morgan fingerprint density at radius 3 is 2.76 bits per heavy atom. The van der Waals surface area contributed by atoms with Crippen molar-refractivity contribution in [1.82, 2.24) is 4.31 Å². The van der Waals surface area contributed by atoms with Crippen LogP contribution in [0.4, 0.5) is 0 Å². The molecule has 1 heterocycles. The number of piperidine rings is 1. The largest absolute Gasteiger partial charge is 0.495 e. The summed E-state index contributed by atoms with van der Waals surface area (Å²) in [6.45, 7) is 2.24. The molecular formula is C14H21ClN2O3S. The molecule has 1 fully saturated rings. The first-order chi connectivity index (χ1) is 9.91. The molecule has 0 aliphatic carbocycles. The summed E-state index contributed by atoms with van der Waals surface area (Å²) in [5.74, 6) is 0.260. The van der Waals surface area contributed by atoms with E-state index in [1.807, 2.05) is 6.92 Å². The van der Waals surface area contributed by atoms with Crippen LogP contribution in [0.2, 0.25) is 5.02 Å². The zero-order chi connectivity index (χ0) is 15.6. The molecule has 1 aliphatic heterocycles. The van der Waals surface area contributed by atoms with E-state index in [4.69, 9.17) is 22.1 Å². The van der Waals surface area contributed by atoms with E-state index in [-0.39, 0.29) is 22.7 Å². The van der Waals surface area contributed by atoms with E-state index in [1.165, 1.54) is 23.5 Å². The fraction of sp³-hybridized carbons (Fsp3) is 0.571. The molecule has 2 atom stereocenters. The summed E-state index contributed by atoms with van der Waals surface area (Å²) in [5, 5.41) is 0.438. The first-order valence-corrected chi connectivity index (χ1v) is 8.80. The molecule has 1 aromatic rings. The van der Waals surface area contributed by atoms with Gasteiger partial charge in [-0.15, -0.1) is 0 Å². The van der Waals surface area contributed by atoms with Crippen molar-refractivity contribution >= 4 is 21.6 Å². The molecule has 2 unspecified atom stereocenters. The molecule has 2 N–H and O–H groups in total. The second-order valence-electron chi connectivity index (χ2n) is 5.30. The smallest absolute Gasteiger partial charge is 0.247 e. The van der Waals surface area contributed by atoms with Crippen LogP contribution in [0.15, 0.2) is 23.1 Å². The Morgan fingerprint density at radius 1 is 1.43 bits per heavy atom. The highest BCUT2D eigenvalue weighted by molar-refractivity contribution is 7.89. The van der Waals surface area contributed by atoms with Gasteiger partial charge in [0.05, 0.1) is 7.11 Å². The van der Waals surface area contributed by atoms with Gasteiger partial charge < -0.3 is 10.5 Å². The Balaban J connectivity index is 2.49. The number of halogens is 1. The number of methoxy groups -OCH3 is 1. The van der Waals surface area contributed by atoms with E-state index in [0.29, 0.717) is 11.6 Å². The standard InChI is InChI=1S/C14H21ClN2O3S/c1-10-4-3-5-12(9-16)17(10)21(18,19)14-7-6-11(15)8-13(14)20-2/h6-8,10,12H,3-5,9,16H2,1-2H3. The number of rotatable bonds is 4. The topological polar surface area (TPSA) is 72.6 Å². The van der Waals surface area contributed by atoms with Gasteiger partial charge in [0, 0.05) is 29.7 Å². The number of nitrogens with zero attached hydrogens (tertiary/aromatic N) is 1. The minimum atomic E-state index is -3.66. The number of nitrogens with two attached hydrogens (primary N) is 1. The van der Waals surface area contributed by atoms with E-state index < -0.39 is 10.0 Å². The summed E-state index contributed by atoms with van der Waals surface area (Å²) in [6, 6.07) is 4.33. The molecule has 7 heteroatoms. The van der Waals surface area contributed by atoms with Gasteiger partial charge in [0.2, 0.25) is 10.0 Å². The van der Waals surface area contributed by atoms with Crippen molar-refractivity contribution in [2.24, 2.45) is 5.73 Å². The summed E-state index contributed by atoms with van der Waals surface area (Å²) in [4.78, 5) is 0.140. The van der Waals surface area contributed by atoms with Gasteiger partial charge in [-0.3, -0.25) is 0 Å². The van der Waals surface area contributed by atoms with Crippen LogP contribution >= 0.6 is 11.6 Å². The highest BCUT2D eigenvalue weighted by Gasteiger charge is 2.38. The Labute approximate surface area is 131 Å². The molecule has 21 heavy (non-hydrogen) atoms. The third kappa shape index (κ3) is 3.18. The van der Waals surface area contributed by atoms with Crippen LogP contribution in [0.1, 0.15) is 26.2 Å². The molecule has 0 aromatic heterocycles. The lowest BCUT2D eigenvalue weighted by Gasteiger charge is -2.39. The number of ether oxygens (including phenoxy) is 1. The normalized spacial score (nSPS) is 24.0. The van der Waals surface area contributed by atoms with E-state index in [2.05, 4.69) is 0 Å². The maximum absolute atomic E-state index is 13.0.